The maximum Gasteiger partial charge on any atom is 0.246 e. The number of carbonyl (C=O) groups is 1. The normalized spacial score (nSPS) is 17.2. The zero-order valence-corrected chi connectivity index (χ0v) is 17.2. The minimum atomic E-state index is -0.998. The molecule has 138 valence electrons. The van der Waals surface area contributed by atoms with Crippen LogP contribution in [0.4, 0.5) is 0 Å². The summed E-state index contributed by atoms with van der Waals surface area (Å²) < 4.78 is 0.977. The number of rotatable bonds is 3. The maximum atomic E-state index is 12.9. The molecule has 1 amide bonds. The highest BCUT2D eigenvalue weighted by atomic mass is 79.9. The molecule has 8 heteroatoms. The number of hydrogen-bond donors (Lipinski definition) is 2. The molecule has 2 heterocycles. The van der Waals surface area contributed by atoms with Crippen LogP contribution in [0.15, 0.2) is 41.0 Å². The van der Waals surface area contributed by atoms with E-state index in [4.69, 9.17) is 5.73 Å². The third-order valence-electron chi connectivity index (χ3n) is 4.63. The van der Waals surface area contributed by atoms with Gasteiger partial charge in [0.1, 0.15) is 5.54 Å². The predicted octanol–water partition coefficient (Wildman–Crippen LogP) is 3.60. The molecule has 1 fully saturated rings. The molecule has 0 bridgehead atoms. The summed E-state index contributed by atoms with van der Waals surface area (Å²) in [6.45, 7) is 3.25. The summed E-state index contributed by atoms with van der Waals surface area (Å²) in [7, 11) is 0. The van der Waals surface area contributed by atoms with Crippen LogP contribution in [0, 0.1) is 0 Å². The fourth-order valence-corrected chi connectivity index (χ4v) is 3.40. The van der Waals surface area contributed by atoms with Crippen molar-refractivity contribution in [3.05, 3.63) is 52.3 Å². The number of halogens is 3. The first-order chi connectivity index (χ1) is 11.0. The fourth-order valence-electron chi connectivity index (χ4n) is 3.14. The molecular weight excluding hydrogens is 427 g/mol. The van der Waals surface area contributed by atoms with Crippen molar-refractivity contribution in [2.24, 2.45) is 5.73 Å². The van der Waals surface area contributed by atoms with Gasteiger partial charge in [-0.1, -0.05) is 28.1 Å². The van der Waals surface area contributed by atoms with Crippen LogP contribution in [0.25, 0.3) is 0 Å². The first-order valence-corrected chi connectivity index (χ1v) is 8.61. The van der Waals surface area contributed by atoms with Crippen LogP contribution in [0.5, 0.6) is 0 Å². The number of likely N-dealkylation sites (tertiary alicyclic amines) is 1. The number of aromatic amines is 1. The molecule has 1 aromatic heterocycles. The molecule has 25 heavy (non-hydrogen) atoms. The first kappa shape index (κ1) is 22.0. The van der Waals surface area contributed by atoms with Gasteiger partial charge in [-0.25, -0.2) is 0 Å². The summed E-state index contributed by atoms with van der Waals surface area (Å²) in [4.78, 5) is 14.8. The topological polar surface area (TPSA) is 75.0 Å². The summed E-state index contributed by atoms with van der Waals surface area (Å²) >= 11 is 3.41. The van der Waals surface area contributed by atoms with E-state index >= 15 is 0 Å². The molecule has 0 saturated carbocycles. The van der Waals surface area contributed by atoms with Crippen LogP contribution in [0.1, 0.15) is 36.9 Å². The number of nitrogens with one attached hydrogen (secondary N) is 1. The summed E-state index contributed by atoms with van der Waals surface area (Å²) in [5.74, 6) is 0.432. The molecular formula is C17H23BrCl2N4O. The molecule has 1 unspecified atom stereocenters. The summed E-state index contributed by atoms with van der Waals surface area (Å²) in [5, 5.41) is 7.04. The maximum absolute atomic E-state index is 12.9. The minimum absolute atomic E-state index is 0. The first-order valence-electron chi connectivity index (χ1n) is 7.82. The average molecular weight is 450 g/mol. The lowest BCUT2D eigenvalue weighted by Gasteiger charge is -2.36. The Balaban J connectivity index is 0.00000156. The lowest BCUT2D eigenvalue weighted by atomic mass is 9.88. The molecule has 0 radical (unpaired) electrons. The molecule has 0 aliphatic carbocycles. The molecule has 1 aliphatic rings. The average Bonchev–Trinajstić information content (AvgIpc) is 3.09. The number of nitrogens with zero attached hydrogens (tertiary/aromatic N) is 2. The Morgan fingerprint density at radius 2 is 1.84 bits per heavy atom. The van der Waals surface area contributed by atoms with Gasteiger partial charge in [0.05, 0.1) is 0 Å². The predicted molar refractivity (Wildman–Crippen MR) is 107 cm³/mol. The van der Waals surface area contributed by atoms with E-state index in [0.717, 1.165) is 41.7 Å². The lowest BCUT2D eigenvalue weighted by Crippen LogP contribution is -2.52. The third-order valence-corrected chi connectivity index (χ3v) is 5.16. The van der Waals surface area contributed by atoms with Gasteiger partial charge in [0, 0.05) is 35.4 Å². The Morgan fingerprint density at radius 1 is 1.24 bits per heavy atom. The summed E-state index contributed by atoms with van der Waals surface area (Å²) in [6.07, 6.45) is 3.64. The smallest absolute Gasteiger partial charge is 0.246 e. The highest BCUT2D eigenvalue weighted by molar-refractivity contribution is 9.10. The number of aromatic nitrogens is 2. The Hall–Kier alpha value is -1.08. The SMILES string of the molecule is CC(N)(C(=O)N1CCC(c2ccn[nH]2)CC1)c1ccc(Br)cc1.Cl.Cl. The largest absolute Gasteiger partial charge is 0.341 e. The number of piperidine rings is 1. The van der Waals surface area contributed by atoms with Crippen LogP contribution in [0.3, 0.4) is 0 Å². The zero-order valence-electron chi connectivity index (χ0n) is 13.9. The second-order valence-electron chi connectivity index (χ2n) is 6.29. The van der Waals surface area contributed by atoms with Crippen molar-refractivity contribution in [2.75, 3.05) is 13.1 Å². The van der Waals surface area contributed by atoms with Gasteiger partial charge in [0.25, 0.3) is 0 Å². The van der Waals surface area contributed by atoms with Crippen LogP contribution >= 0.6 is 40.7 Å². The number of carbonyl (C=O) groups excluding carboxylic acids is 1. The number of hydrogen-bond acceptors (Lipinski definition) is 3. The highest BCUT2D eigenvalue weighted by Crippen LogP contribution is 2.29. The van der Waals surface area contributed by atoms with E-state index in [2.05, 4.69) is 26.1 Å². The number of H-pyrrole nitrogens is 1. The van der Waals surface area contributed by atoms with Gasteiger partial charge in [-0.05, 0) is 43.5 Å². The Morgan fingerprint density at radius 3 is 2.36 bits per heavy atom. The molecule has 2 aromatic rings. The van der Waals surface area contributed by atoms with Crippen molar-refractivity contribution in [3.8, 4) is 0 Å². The molecule has 3 N–H and O–H groups in total. The fraction of sp³-hybridized carbons (Fsp3) is 0.412. The van der Waals surface area contributed by atoms with E-state index in [0.29, 0.717) is 5.92 Å². The van der Waals surface area contributed by atoms with Gasteiger partial charge in [-0.2, -0.15) is 5.10 Å². The zero-order chi connectivity index (χ0) is 16.4. The van der Waals surface area contributed by atoms with Gasteiger partial charge in [0.2, 0.25) is 5.91 Å². The Labute approximate surface area is 168 Å². The van der Waals surface area contributed by atoms with E-state index in [9.17, 15) is 4.79 Å². The Kier molecular flexibility index (Phi) is 7.93. The standard InChI is InChI=1S/C17H21BrN4O.2ClH/c1-17(19,13-2-4-14(18)5-3-13)16(23)22-10-7-12(8-11-22)15-6-9-20-21-15;;/h2-6,9,12H,7-8,10-11,19H2,1H3,(H,20,21);2*1H. The van der Waals surface area contributed by atoms with Crippen molar-refractivity contribution in [1.82, 2.24) is 15.1 Å². The third kappa shape index (κ3) is 4.76. The second-order valence-corrected chi connectivity index (χ2v) is 7.20. The van der Waals surface area contributed by atoms with Crippen LogP contribution in [-0.4, -0.2) is 34.1 Å². The van der Waals surface area contributed by atoms with Gasteiger partial charge < -0.3 is 10.6 Å². The van der Waals surface area contributed by atoms with Crippen molar-refractivity contribution in [1.29, 1.82) is 0 Å². The van der Waals surface area contributed by atoms with Crippen LogP contribution < -0.4 is 5.73 Å². The van der Waals surface area contributed by atoms with Gasteiger partial charge in [-0.3, -0.25) is 9.89 Å². The van der Waals surface area contributed by atoms with Crippen molar-refractivity contribution < 1.29 is 4.79 Å². The summed E-state index contributed by atoms with van der Waals surface area (Å²) in [5.41, 5.74) is 7.36. The molecule has 1 atom stereocenters. The van der Waals surface area contributed by atoms with E-state index in [1.807, 2.05) is 35.2 Å². The van der Waals surface area contributed by atoms with E-state index < -0.39 is 5.54 Å². The number of benzene rings is 1. The molecule has 1 saturated heterocycles. The van der Waals surface area contributed by atoms with Crippen LogP contribution in [0.2, 0.25) is 0 Å². The van der Waals surface area contributed by atoms with Crippen molar-refractivity contribution in [2.45, 2.75) is 31.2 Å². The molecule has 1 aromatic carbocycles. The second kappa shape index (κ2) is 9.03. The van der Waals surface area contributed by atoms with Gasteiger partial charge in [0.15, 0.2) is 0 Å². The molecule has 1 aliphatic heterocycles. The van der Waals surface area contributed by atoms with Crippen molar-refractivity contribution >= 4 is 46.7 Å². The van der Waals surface area contributed by atoms with Gasteiger partial charge >= 0.3 is 0 Å². The Bertz CT molecular complexity index is 668. The van der Waals surface area contributed by atoms with E-state index in [1.165, 1.54) is 0 Å². The molecule has 5 nitrogen and oxygen atoms in total. The van der Waals surface area contributed by atoms with E-state index in [1.54, 1.807) is 13.1 Å². The quantitative estimate of drug-likeness (QED) is 0.751. The van der Waals surface area contributed by atoms with Crippen molar-refractivity contribution in [3.63, 3.8) is 0 Å². The minimum Gasteiger partial charge on any atom is -0.341 e. The lowest BCUT2D eigenvalue weighted by molar-refractivity contribution is -0.137. The van der Waals surface area contributed by atoms with Gasteiger partial charge in [-0.15, -0.1) is 24.8 Å². The molecule has 3 rings (SSSR count). The molecule has 0 spiro atoms. The van der Waals surface area contributed by atoms with E-state index in [-0.39, 0.29) is 30.7 Å². The van der Waals surface area contributed by atoms with Crippen LogP contribution in [-0.2, 0) is 10.3 Å². The summed E-state index contributed by atoms with van der Waals surface area (Å²) in [6, 6.07) is 9.64. The highest BCUT2D eigenvalue weighted by Gasteiger charge is 2.36. The monoisotopic (exact) mass is 448 g/mol. The number of nitrogens with two attached hydrogens (primary N) is 1. The number of amides is 1.